The first-order valence-corrected chi connectivity index (χ1v) is 6.84. The number of anilines is 1. The Hall–Kier alpha value is -2.24. The van der Waals surface area contributed by atoms with Crippen LogP contribution >= 0.6 is 0 Å². The number of rotatable bonds is 5. The molecule has 0 saturated heterocycles. The number of hydrogen-bond donors (Lipinski definition) is 1. The lowest BCUT2D eigenvalue weighted by Gasteiger charge is -2.07. The van der Waals surface area contributed by atoms with Crippen LogP contribution in [0.4, 0.5) is 14.5 Å². The Balaban J connectivity index is 1.73. The van der Waals surface area contributed by atoms with Crippen LogP contribution in [0.1, 0.15) is 36.6 Å². The van der Waals surface area contributed by atoms with Gasteiger partial charge in [-0.3, -0.25) is 9.48 Å². The molecule has 3 rings (SSSR count). The average molecular weight is 291 g/mol. The van der Waals surface area contributed by atoms with E-state index in [4.69, 9.17) is 0 Å². The van der Waals surface area contributed by atoms with Crippen LogP contribution in [0.3, 0.4) is 0 Å². The Morgan fingerprint density at radius 2 is 2.05 bits per heavy atom. The maximum Gasteiger partial charge on any atom is 0.282 e. The molecule has 0 radical (unpaired) electrons. The zero-order valence-electron chi connectivity index (χ0n) is 11.3. The van der Waals surface area contributed by atoms with Crippen molar-refractivity contribution >= 4 is 11.6 Å². The molecule has 1 saturated carbocycles. The highest BCUT2D eigenvalue weighted by Gasteiger charge is 2.30. The smallest absolute Gasteiger partial charge is 0.282 e. The van der Waals surface area contributed by atoms with Crippen molar-refractivity contribution in [1.29, 1.82) is 0 Å². The maximum atomic E-state index is 12.8. The number of benzene rings is 1. The number of carbonyl (C=O) groups is 1. The second kappa shape index (κ2) is 5.63. The van der Waals surface area contributed by atoms with Crippen molar-refractivity contribution in [2.45, 2.75) is 31.7 Å². The van der Waals surface area contributed by atoms with Gasteiger partial charge in [-0.05, 0) is 31.0 Å². The number of para-hydroxylation sites is 1. The van der Waals surface area contributed by atoms with Crippen molar-refractivity contribution in [1.82, 2.24) is 9.78 Å². The Bertz CT molecular complexity index is 636. The van der Waals surface area contributed by atoms with Gasteiger partial charge in [0, 0.05) is 17.3 Å². The van der Waals surface area contributed by atoms with Crippen molar-refractivity contribution < 1.29 is 13.6 Å². The number of amides is 1. The SMILES string of the molecule is O=C(Cn1nc(C(F)F)cc1C1CC1)Nc1ccccc1. The van der Waals surface area contributed by atoms with Gasteiger partial charge in [0.15, 0.2) is 0 Å². The van der Waals surface area contributed by atoms with Gasteiger partial charge < -0.3 is 5.32 Å². The minimum atomic E-state index is -2.61. The Morgan fingerprint density at radius 3 is 2.67 bits per heavy atom. The monoisotopic (exact) mass is 291 g/mol. The van der Waals surface area contributed by atoms with Crippen LogP contribution in [0.15, 0.2) is 36.4 Å². The van der Waals surface area contributed by atoms with Crippen LogP contribution in [0.2, 0.25) is 0 Å². The third kappa shape index (κ3) is 3.26. The fraction of sp³-hybridized carbons (Fsp3) is 0.333. The van der Waals surface area contributed by atoms with E-state index in [0.717, 1.165) is 18.5 Å². The molecule has 1 amide bonds. The van der Waals surface area contributed by atoms with Crippen molar-refractivity contribution in [2.24, 2.45) is 0 Å². The number of hydrogen-bond acceptors (Lipinski definition) is 2. The number of alkyl halides is 2. The largest absolute Gasteiger partial charge is 0.324 e. The minimum Gasteiger partial charge on any atom is -0.324 e. The molecular formula is C15H15F2N3O. The molecule has 2 aromatic rings. The van der Waals surface area contributed by atoms with Crippen LogP contribution in [0.25, 0.3) is 0 Å². The Morgan fingerprint density at radius 1 is 1.33 bits per heavy atom. The van der Waals surface area contributed by atoms with Gasteiger partial charge in [-0.25, -0.2) is 8.78 Å². The molecule has 21 heavy (non-hydrogen) atoms. The van der Waals surface area contributed by atoms with Crippen LogP contribution in [-0.2, 0) is 11.3 Å². The molecule has 0 atom stereocenters. The second-order valence-corrected chi connectivity index (χ2v) is 5.14. The molecule has 1 N–H and O–H groups in total. The van der Waals surface area contributed by atoms with Gasteiger partial charge in [0.05, 0.1) is 0 Å². The third-order valence-electron chi connectivity index (χ3n) is 3.40. The summed E-state index contributed by atoms with van der Waals surface area (Å²) < 4.78 is 26.9. The maximum absolute atomic E-state index is 12.8. The van der Waals surface area contributed by atoms with Crippen molar-refractivity contribution in [2.75, 3.05) is 5.32 Å². The van der Waals surface area contributed by atoms with Crippen molar-refractivity contribution in [3.05, 3.63) is 47.8 Å². The zero-order chi connectivity index (χ0) is 14.8. The van der Waals surface area contributed by atoms with Crippen LogP contribution < -0.4 is 5.32 Å². The summed E-state index contributed by atoms with van der Waals surface area (Å²) in [5.41, 5.74) is 1.15. The summed E-state index contributed by atoms with van der Waals surface area (Å²) in [7, 11) is 0. The Kier molecular flexibility index (Phi) is 3.68. The molecule has 0 bridgehead atoms. The number of halogens is 2. The molecule has 0 spiro atoms. The minimum absolute atomic E-state index is 0.0482. The van der Waals surface area contributed by atoms with E-state index in [1.54, 1.807) is 12.1 Å². The average Bonchev–Trinajstić information content (AvgIpc) is 3.21. The molecule has 1 heterocycles. The van der Waals surface area contributed by atoms with Gasteiger partial charge in [-0.15, -0.1) is 0 Å². The molecule has 110 valence electrons. The van der Waals surface area contributed by atoms with Crippen molar-refractivity contribution in [3.63, 3.8) is 0 Å². The number of carbonyl (C=O) groups excluding carboxylic acids is 1. The number of nitrogens with one attached hydrogen (secondary N) is 1. The van der Waals surface area contributed by atoms with E-state index < -0.39 is 6.43 Å². The number of nitrogens with zero attached hydrogens (tertiary/aromatic N) is 2. The standard InChI is InChI=1S/C15H15F2N3O/c16-15(17)12-8-13(10-6-7-10)20(19-12)9-14(21)18-11-4-2-1-3-5-11/h1-5,8,10,15H,6-7,9H2,(H,18,21). The zero-order valence-corrected chi connectivity index (χ0v) is 11.3. The van der Waals surface area contributed by atoms with Gasteiger partial charge in [0.2, 0.25) is 5.91 Å². The van der Waals surface area contributed by atoms with Crippen LogP contribution in [0.5, 0.6) is 0 Å². The van der Waals surface area contributed by atoms with Gasteiger partial charge in [0.1, 0.15) is 12.2 Å². The van der Waals surface area contributed by atoms with E-state index in [0.29, 0.717) is 5.69 Å². The summed E-state index contributed by atoms with van der Waals surface area (Å²) in [5.74, 6) is -0.0125. The molecule has 6 heteroatoms. The van der Waals surface area contributed by atoms with Gasteiger partial charge in [0.25, 0.3) is 6.43 Å². The summed E-state index contributed by atoms with van der Waals surface area (Å²) in [5, 5.41) is 6.59. The second-order valence-electron chi connectivity index (χ2n) is 5.14. The lowest BCUT2D eigenvalue weighted by atomic mass is 10.2. The van der Waals surface area contributed by atoms with Gasteiger partial charge >= 0.3 is 0 Å². The third-order valence-corrected chi connectivity index (χ3v) is 3.40. The summed E-state index contributed by atoms with van der Waals surface area (Å²) in [6.45, 7) is -0.0482. The summed E-state index contributed by atoms with van der Waals surface area (Å²) in [6.07, 6.45) is -0.676. The molecule has 4 nitrogen and oxygen atoms in total. The van der Waals surface area contributed by atoms with Crippen LogP contribution in [-0.4, -0.2) is 15.7 Å². The quantitative estimate of drug-likeness (QED) is 0.918. The molecule has 1 aliphatic rings. The van der Waals surface area contributed by atoms with E-state index in [1.165, 1.54) is 10.7 Å². The van der Waals surface area contributed by atoms with E-state index >= 15 is 0 Å². The van der Waals surface area contributed by atoms with E-state index in [-0.39, 0.29) is 24.1 Å². The molecule has 0 aliphatic heterocycles. The predicted molar refractivity (Wildman–Crippen MR) is 74.2 cm³/mol. The fourth-order valence-electron chi connectivity index (χ4n) is 2.25. The lowest BCUT2D eigenvalue weighted by molar-refractivity contribution is -0.117. The molecule has 1 aromatic heterocycles. The summed E-state index contributed by atoms with van der Waals surface area (Å²) in [4.78, 5) is 12.0. The van der Waals surface area contributed by atoms with Gasteiger partial charge in [-0.1, -0.05) is 18.2 Å². The molecule has 0 unspecified atom stereocenters. The van der Waals surface area contributed by atoms with Gasteiger partial charge in [-0.2, -0.15) is 5.10 Å². The van der Waals surface area contributed by atoms with E-state index in [1.807, 2.05) is 18.2 Å². The number of aromatic nitrogens is 2. The molecule has 1 aromatic carbocycles. The fourth-order valence-corrected chi connectivity index (χ4v) is 2.25. The lowest BCUT2D eigenvalue weighted by Crippen LogP contribution is -2.20. The highest BCUT2D eigenvalue weighted by molar-refractivity contribution is 5.90. The topological polar surface area (TPSA) is 46.9 Å². The summed E-state index contributed by atoms with van der Waals surface area (Å²) in [6, 6.07) is 10.4. The highest BCUT2D eigenvalue weighted by Crippen LogP contribution is 2.41. The summed E-state index contributed by atoms with van der Waals surface area (Å²) >= 11 is 0. The molecule has 1 aliphatic carbocycles. The predicted octanol–water partition coefficient (Wildman–Crippen LogP) is 3.34. The molecular weight excluding hydrogens is 276 g/mol. The normalized spacial score (nSPS) is 14.4. The van der Waals surface area contributed by atoms with E-state index in [9.17, 15) is 13.6 Å². The van der Waals surface area contributed by atoms with Crippen LogP contribution in [0, 0.1) is 0 Å². The first-order chi connectivity index (χ1) is 10.1. The Labute approximate surface area is 120 Å². The molecule has 1 fully saturated rings. The first-order valence-electron chi connectivity index (χ1n) is 6.84. The first kappa shape index (κ1) is 13.7. The highest BCUT2D eigenvalue weighted by atomic mass is 19.3. The van der Waals surface area contributed by atoms with E-state index in [2.05, 4.69) is 10.4 Å². The van der Waals surface area contributed by atoms with Crippen molar-refractivity contribution in [3.8, 4) is 0 Å².